The molecular formula is C24H30F2N2. The van der Waals surface area contributed by atoms with Crippen molar-refractivity contribution in [2.45, 2.75) is 58.5 Å². The fourth-order valence-electron chi connectivity index (χ4n) is 3.81. The molecular weight excluding hydrogens is 354 g/mol. The topological polar surface area (TPSA) is 27.0 Å². The van der Waals surface area contributed by atoms with Crippen molar-refractivity contribution < 1.29 is 8.78 Å². The van der Waals surface area contributed by atoms with Crippen LogP contribution in [0.3, 0.4) is 0 Å². The maximum absolute atomic E-state index is 13.8. The summed E-state index contributed by atoms with van der Waals surface area (Å²) in [6, 6.07) is 16.9. The Kier molecular flexibility index (Phi) is 7.71. The van der Waals surface area contributed by atoms with Crippen molar-refractivity contribution in [3.05, 3.63) is 71.3 Å². The SMILES string of the molecule is CCN(Cc1ccccc1)C(C)CCC(C#N)(c1ccc(F)c(F)c1)C(C)C. The molecule has 28 heavy (non-hydrogen) atoms. The summed E-state index contributed by atoms with van der Waals surface area (Å²) >= 11 is 0. The van der Waals surface area contributed by atoms with Crippen LogP contribution in [0, 0.1) is 28.9 Å². The molecule has 0 fully saturated rings. The molecule has 2 aromatic rings. The molecule has 0 radical (unpaired) electrons. The lowest BCUT2D eigenvalue weighted by atomic mass is 9.69. The minimum Gasteiger partial charge on any atom is -0.297 e. The minimum atomic E-state index is -0.898. The lowest BCUT2D eigenvalue weighted by molar-refractivity contribution is 0.186. The van der Waals surface area contributed by atoms with Crippen LogP contribution in [0.1, 0.15) is 51.7 Å². The van der Waals surface area contributed by atoms with Crippen LogP contribution in [0.4, 0.5) is 8.78 Å². The Morgan fingerprint density at radius 1 is 1.04 bits per heavy atom. The van der Waals surface area contributed by atoms with Gasteiger partial charge < -0.3 is 0 Å². The van der Waals surface area contributed by atoms with E-state index in [2.05, 4.69) is 36.9 Å². The highest BCUT2D eigenvalue weighted by atomic mass is 19.2. The summed E-state index contributed by atoms with van der Waals surface area (Å²) < 4.78 is 27.2. The van der Waals surface area contributed by atoms with E-state index in [0.717, 1.165) is 25.6 Å². The molecule has 2 aromatic carbocycles. The van der Waals surface area contributed by atoms with Gasteiger partial charge in [0.05, 0.1) is 11.5 Å². The Labute approximate surface area is 167 Å². The monoisotopic (exact) mass is 384 g/mol. The molecule has 0 aliphatic carbocycles. The van der Waals surface area contributed by atoms with E-state index in [1.54, 1.807) is 6.07 Å². The predicted molar refractivity (Wildman–Crippen MR) is 110 cm³/mol. The highest BCUT2D eigenvalue weighted by Gasteiger charge is 2.37. The van der Waals surface area contributed by atoms with Gasteiger partial charge in [-0.2, -0.15) is 5.26 Å². The van der Waals surface area contributed by atoms with E-state index in [0.29, 0.717) is 12.0 Å². The van der Waals surface area contributed by atoms with E-state index in [9.17, 15) is 14.0 Å². The molecule has 0 aromatic heterocycles. The first-order valence-corrected chi connectivity index (χ1v) is 9.98. The maximum atomic E-state index is 13.8. The number of halogens is 2. The van der Waals surface area contributed by atoms with Crippen LogP contribution in [-0.2, 0) is 12.0 Å². The summed E-state index contributed by atoms with van der Waals surface area (Å²) in [5, 5.41) is 10.0. The molecule has 2 rings (SSSR count). The van der Waals surface area contributed by atoms with Crippen LogP contribution in [-0.4, -0.2) is 17.5 Å². The van der Waals surface area contributed by atoms with Gasteiger partial charge in [-0.25, -0.2) is 8.78 Å². The van der Waals surface area contributed by atoms with Crippen molar-refractivity contribution in [1.29, 1.82) is 5.26 Å². The average Bonchev–Trinajstić information content (AvgIpc) is 2.69. The molecule has 0 bridgehead atoms. The van der Waals surface area contributed by atoms with Crippen molar-refractivity contribution in [2.75, 3.05) is 6.54 Å². The van der Waals surface area contributed by atoms with Gasteiger partial charge >= 0.3 is 0 Å². The van der Waals surface area contributed by atoms with Gasteiger partial charge in [0, 0.05) is 12.6 Å². The Hall–Kier alpha value is -2.25. The first-order chi connectivity index (χ1) is 13.3. The number of nitriles is 1. The fraction of sp³-hybridized carbons (Fsp3) is 0.458. The number of rotatable bonds is 9. The average molecular weight is 385 g/mol. The zero-order chi connectivity index (χ0) is 20.7. The van der Waals surface area contributed by atoms with Crippen LogP contribution in [0.15, 0.2) is 48.5 Å². The van der Waals surface area contributed by atoms with E-state index in [4.69, 9.17) is 0 Å². The molecule has 0 aliphatic rings. The summed E-state index contributed by atoms with van der Waals surface area (Å²) in [4.78, 5) is 2.38. The van der Waals surface area contributed by atoms with Crippen molar-refractivity contribution in [3.63, 3.8) is 0 Å². The largest absolute Gasteiger partial charge is 0.297 e. The lowest BCUT2D eigenvalue weighted by Crippen LogP contribution is -2.36. The summed E-state index contributed by atoms with van der Waals surface area (Å²) in [5.74, 6) is -1.79. The van der Waals surface area contributed by atoms with Crippen LogP contribution < -0.4 is 0 Å². The van der Waals surface area contributed by atoms with Crippen LogP contribution >= 0.6 is 0 Å². The van der Waals surface area contributed by atoms with Gasteiger partial charge in [-0.1, -0.05) is 57.2 Å². The first kappa shape index (κ1) is 22.0. The van der Waals surface area contributed by atoms with E-state index >= 15 is 0 Å². The van der Waals surface area contributed by atoms with Crippen molar-refractivity contribution in [2.24, 2.45) is 5.92 Å². The maximum Gasteiger partial charge on any atom is 0.159 e. The zero-order valence-electron chi connectivity index (χ0n) is 17.3. The third-order valence-electron chi connectivity index (χ3n) is 5.83. The molecule has 0 N–H and O–H groups in total. The highest BCUT2D eigenvalue weighted by Crippen LogP contribution is 2.38. The smallest absolute Gasteiger partial charge is 0.159 e. The molecule has 2 nitrogen and oxygen atoms in total. The summed E-state index contributed by atoms with van der Waals surface area (Å²) in [6.07, 6.45) is 1.39. The number of hydrogen-bond donors (Lipinski definition) is 0. The normalized spacial score (nSPS) is 14.7. The third kappa shape index (κ3) is 4.97. The Balaban J connectivity index is 2.18. The molecule has 0 heterocycles. The van der Waals surface area contributed by atoms with Crippen LogP contribution in [0.25, 0.3) is 0 Å². The number of nitrogens with zero attached hydrogens (tertiary/aromatic N) is 2. The van der Waals surface area contributed by atoms with Gasteiger partial charge in [0.2, 0.25) is 0 Å². The first-order valence-electron chi connectivity index (χ1n) is 9.98. The van der Waals surface area contributed by atoms with Crippen LogP contribution in [0.2, 0.25) is 0 Å². The van der Waals surface area contributed by atoms with E-state index < -0.39 is 17.0 Å². The Morgan fingerprint density at radius 3 is 2.25 bits per heavy atom. The summed E-state index contributed by atoms with van der Waals surface area (Å²) in [7, 11) is 0. The van der Waals surface area contributed by atoms with Crippen molar-refractivity contribution in [3.8, 4) is 6.07 Å². The van der Waals surface area contributed by atoms with Gasteiger partial charge in [-0.15, -0.1) is 0 Å². The second-order valence-corrected chi connectivity index (χ2v) is 7.80. The van der Waals surface area contributed by atoms with Crippen LogP contribution in [0.5, 0.6) is 0 Å². The molecule has 2 atom stereocenters. The number of hydrogen-bond acceptors (Lipinski definition) is 2. The van der Waals surface area contributed by atoms with Gasteiger partial charge in [0.25, 0.3) is 0 Å². The van der Waals surface area contributed by atoms with Gasteiger partial charge in [0.1, 0.15) is 0 Å². The van der Waals surface area contributed by atoms with Gasteiger partial charge in [-0.05, 0) is 55.5 Å². The van der Waals surface area contributed by atoms with E-state index in [-0.39, 0.29) is 12.0 Å². The van der Waals surface area contributed by atoms with Crippen molar-refractivity contribution in [1.82, 2.24) is 4.90 Å². The Bertz CT molecular complexity index is 798. The van der Waals surface area contributed by atoms with Gasteiger partial charge in [0.15, 0.2) is 11.6 Å². The summed E-state index contributed by atoms with van der Waals surface area (Å²) in [5.41, 5.74) is 0.976. The number of benzene rings is 2. The molecule has 150 valence electrons. The molecule has 0 aliphatic heterocycles. The Morgan fingerprint density at radius 2 is 1.71 bits per heavy atom. The standard InChI is InChI=1S/C24H30F2N2/c1-5-28(16-20-9-7-6-8-10-20)19(4)13-14-24(17-27,18(2)3)21-11-12-22(25)23(26)15-21/h6-12,15,18-19H,5,13-14,16H2,1-4H3. The predicted octanol–water partition coefficient (Wildman–Crippen LogP) is 6.07. The minimum absolute atomic E-state index is 0.0150. The molecule has 4 heteroatoms. The second kappa shape index (κ2) is 9.80. The molecule has 0 saturated heterocycles. The third-order valence-corrected chi connectivity index (χ3v) is 5.83. The fourth-order valence-corrected chi connectivity index (χ4v) is 3.81. The lowest BCUT2D eigenvalue weighted by Gasteiger charge is -2.35. The second-order valence-electron chi connectivity index (χ2n) is 7.80. The quantitative estimate of drug-likeness (QED) is 0.524. The van der Waals surface area contributed by atoms with E-state index in [1.165, 1.54) is 11.6 Å². The molecule has 0 spiro atoms. The summed E-state index contributed by atoms with van der Waals surface area (Å²) in [6.45, 7) is 10.00. The molecule has 0 amide bonds. The van der Waals surface area contributed by atoms with E-state index in [1.807, 2.05) is 32.0 Å². The zero-order valence-corrected chi connectivity index (χ0v) is 17.3. The molecule has 2 unspecified atom stereocenters. The van der Waals surface area contributed by atoms with Crippen molar-refractivity contribution >= 4 is 0 Å². The van der Waals surface area contributed by atoms with Gasteiger partial charge in [-0.3, -0.25) is 4.90 Å². The highest BCUT2D eigenvalue weighted by molar-refractivity contribution is 5.34. The molecule has 0 saturated carbocycles.